The Labute approximate surface area is 113 Å². The van der Waals surface area contributed by atoms with Gasteiger partial charge in [0.2, 0.25) is 0 Å². The lowest BCUT2D eigenvalue weighted by Gasteiger charge is -2.30. The molecular weight excluding hydrogens is 238 g/mol. The van der Waals surface area contributed by atoms with Gasteiger partial charge in [0.1, 0.15) is 5.82 Å². The molecule has 19 heavy (non-hydrogen) atoms. The molecule has 1 fully saturated rings. The Hall–Kier alpha value is -1.81. The van der Waals surface area contributed by atoms with Gasteiger partial charge in [0.25, 0.3) is 0 Å². The number of para-hydroxylation sites is 1. The van der Waals surface area contributed by atoms with E-state index < -0.39 is 0 Å². The van der Waals surface area contributed by atoms with Crippen molar-refractivity contribution in [2.75, 3.05) is 31.1 Å². The summed E-state index contributed by atoms with van der Waals surface area (Å²) in [5, 5.41) is 4.42. The van der Waals surface area contributed by atoms with Crippen LogP contribution in [0.5, 0.6) is 0 Å². The Balaban J connectivity index is 2.22. The number of aromatic nitrogens is 1. The SMILES string of the molecule is CCn1c(N2CCNCC2)c(C=O)c2ccccc21. The van der Waals surface area contributed by atoms with Gasteiger partial charge in [-0.3, -0.25) is 4.79 Å². The number of fused-ring (bicyclic) bond motifs is 1. The third-order valence-corrected chi connectivity index (χ3v) is 3.83. The van der Waals surface area contributed by atoms with Crippen molar-refractivity contribution in [1.82, 2.24) is 9.88 Å². The van der Waals surface area contributed by atoms with Crippen LogP contribution in [0.4, 0.5) is 5.82 Å². The highest BCUT2D eigenvalue weighted by Gasteiger charge is 2.21. The minimum Gasteiger partial charge on any atom is -0.355 e. The van der Waals surface area contributed by atoms with E-state index in [1.54, 1.807) is 0 Å². The lowest BCUT2D eigenvalue weighted by Crippen LogP contribution is -2.44. The number of aldehydes is 1. The molecule has 0 aliphatic carbocycles. The molecule has 0 radical (unpaired) electrons. The van der Waals surface area contributed by atoms with E-state index in [0.717, 1.165) is 61.3 Å². The van der Waals surface area contributed by atoms with Crippen molar-refractivity contribution in [2.24, 2.45) is 0 Å². The molecule has 1 aromatic heterocycles. The van der Waals surface area contributed by atoms with Crippen LogP contribution in [0.25, 0.3) is 10.9 Å². The average molecular weight is 257 g/mol. The summed E-state index contributed by atoms with van der Waals surface area (Å²) in [7, 11) is 0. The van der Waals surface area contributed by atoms with Gasteiger partial charge in [0, 0.05) is 38.1 Å². The number of nitrogens with zero attached hydrogens (tertiary/aromatic N) is 2. The summed E-state index contributed by atoms with van der Waals surface area (Å²) in [6.07, 6.45) is 1.01. The molecule has 1 aliphatic rings. The van der Waals surface area contributed by atoms with E-state index in [1.165, 1.54) is 0 Å². The van der Waals surface area contributed by atoms with Crippen LogP contribution in [-0.4, -0.2) is 37.0 Å². The summed E-state index contributed by atoms with van der Waals surface area (Å²) >= 11 is 0. The van der Waals surface area contributed by atoms with Crippen molar-refractivity contribution in [1.29, 1.82) is 0 Å². The Morgan fingerprint density at radius 2 is 2.00 bits per heavy atom. The first-order valence-electron chi connectivity index (χ1n) is 6.89. The summed E-state index contributed by atoms with van der Waals surface area (Å²) in [6.45, 7) is 6.88. The minimum absolute atomic E-state index is 0.833. The second kappa shape index (κ2) is 5.05. The first kappa shape index (κ1) is 12.2. The van der Waals surface area contributed by atoms with Gasteiger partial charge in [-0.1, -0.05) is 18.2 Å². The summed E-state index contributed by atoms with van der Waals surface area (Å²) in [6, 6.07) is 8.16. The zero-order valence-corrected chi connectivity index (χ0v) is 11.2. The fourth-order valence-corrected chi connectivity index (χ4v) is 2.97. The van der Waals surface area contributed by atoms with Crippen LogP contribution >= 0.6 is 0 Å². The molecule has 2 heterocycles. The maximum atomic E-state index is 11.6. The number of nitrogens with one attached hydrogen (secondary N) is 1. The minimum atomic E-state index is 0.833. The molecule has 0 spiro atoms. The van der Waals surface area contributed by atoms with Gasteiger partial charge < -0.3 is 14.8 Å². The number of carbonyl (C=O) groups is 1. The highest BCUT2D eigenvalue weighted by Crippen LogP contribution is 2.31. The van der Waals surface area contributed by atoms with Gasteiger partial charge in [0.15, 0.2) is 6.29 Å². The monoisotopic (exact) mass is 257 g/mol. The molecule has 4 heteroatoms. The molecule has 1 aliphatic heterocycles. The second-order valence-electron chi connectivity index (χ2n) is 4.85. The van der Waals surface area contributed by atoms with Gasteiger partial charge in [-0.25, -0.2) is 0 Å². The summed E-state index contributed by atoms with van der Waals surface area (Å²) in [5.41, 5.74) is 1.99. The molecule has 0 saturated carbocycles. The molecule has 0 amide bonds. The number of carbonyl (C=O) groups excluding carboxylic acids is 1. The van der Waals surface area contributed by atoms with E-state index >= 15 is 0 Å². The number of piperazine rings is 1. The predicted molar refractivity (Wildman–Crippen MR) is 78.1 cm³/mol. The molecule has 0 atom stereocenters. The van der Waals surface area contributed by atoms with Crippen LogP contribution in [0.3, 0.4) is 0 Å². The van der Waals surface area contributed by atoms with Crippen LogP contribution < -0.4 is 10.2 Å². The fraction of sp³-hybridized carbons (Fsp3) is 0.400. The smallest absolute Gasteiger partial charge is 0.154 e. The van der Waals surface area contributed by atoms with E-state index in [0.29, 0.717) is 0 Å². The maximum absolute atomic E-state index is 11.6. The molecule has 1 saturated heterocycles. The molecule has 1 aromatic carbocycles. The third kappa shape index (κ3) is 1.92. The molecule has 1 N–H and O–H groups in total. The van der Waals surface area contributed by atoms with Crippen molar-refractivity contribution >= 4 is 23.0 Å². The molecule has 2 aromatic rings. The molecule has 4 nitrogen and oxygen atoms in total. The van der Waals surface area contributed by atoms with Crippen LogP contribution in [0, 0.1) is 0 Å². The Bertz CT molecular complexity index is 597. The normalized spacial score (nSPS) is 15.9. The predicted octanol–water partition coefficient (Wildman–Crippen LogP) is 1.88. The van der Waals surface area contributed by atoms with Crippen LogP contribution in [0.2, 0.25) is 0 Å². The lowest BCUT2D eigenvalue weighted by atomic mass is 10.2. The molecule has 3 rings (SSSR count). The summed E-state index contributed by atoms with van der Waals surface area (Å²) in [5.74, 6) is 1.08. The van der Waals surface area contributed by atoms with Gasteiger partial charge in [0.05, 0.1) is 11.1 Å². The van der Waals surface area contributed by atoms with E-state index in [2.05, 4.69) is 27.8 Å². The maximum Gasteiger partial charge on any atom is 0.154 e. The zero-order valence-electron chi connectivity index (χ0n) is 11.2. The zero-order chi connectivity index (χ0) is 13.2. The standard InChI is InChI=1S/C15H19N3O/c1-2-18-14-6-4-3-5-12(14)13(11-19)15(18)17-9-7-16-8-10-17/h3-6,11,16H,2,7-10H2,1H3. The Morgan fingerprint density at radius 3 is 2.68 bits per heavy atom. The van der Waals surface area contributed by atoms with Gasteiger partial charge in [-0.15, -0.1) is 0 Å². The summed E-state index contributed by atoms with van der Waals surface area (Å²) < 4.78 is 2.25. The Kier molecular flexibility index (Phi) is 3.25. The Morgan fingerprint density at radius 1 is 1.26 bits per heavy atom. The van der Waals surface area contributed by atoms with Crippen molar-refractivity contribution in [2.45, 2.75) is 13.5 Å². The first-order valence-corrected chi connectivity index (χ1v) is 6.89. The van der Waals surface area contributed by atoms with E-state index in [4.69, 9.17) is 0 Å². The van der Waals surface area contributed by atoms with Crippen molar-refractivity contribution in [3.05, 3.63) is 29.8 Å². The van der Waals surface area contributed by atoms with Gasteiger partial charge >= 0.3 is 0 Å². The van der Waals surface area contributed by atoms with Gasteiger partial charge in [-0.05, 0) is 13.0 Å². The number of rotatable bonds is 3. The van der Waals surface area contributed by atoms with E-state index in [9.17, 15) is 4.79 Å². The largest absolute Gasteiger partial charge is 0.355 e. The number of hydrogen-bond donors (Lipinski definition) is 1. The van der Waals surface area contributed by atoms with Crippen LogP contribution in [-0.2, 0) is 6.54 Å². The molecule has 100 valence electrons. The number of aryl methyl sites for hydroxylation is 1. The second-order valence-corrected chi connectivity index (χ2v) is 4.85. The highest BCUT2D eigenvalue weighted by atomic mass is 16.1. The van der Waals surface area contributed by atoms with Crippen LogP contribution in [0.15, 0.2) is 24.3 Å². The number of benzene rings is 1. The van der Waals surface area contributed by atoms with Crippen molar-refractivity contribution < 1.29 is 4.79 Å². The van der Waals surface area contributed by atoms with Gasteiger partial charge in [-0.2, -0.15) is 0 Å². The first-order chi connectivity index (χ1) is 9.36. The molecule has 0 bridgehead atoms. The molecular formula is C15H19N3O. The topological polar surface area (TPSA) is 37.3 Å². The number of hydrogen-bond acceptors (Lipinski definition) is 3. The van der Waals surface area contributed by atoms with E-state index in [1.807, 2.05) is 18.2 Å². The van der Waals surface area contributed by atoms with Crippen molar-refractivity contribution in [3.63, 3.8) is 0 Å². The highest BCUT2D eigenvalue weighted by molar-refractivity contribution is 6.04. The quantitative estimate of drug-likeness (QED) is 0.853. The van der Waals surface area contributed by atoms with E-state index in [-0.39, 0.29) is 0 Å². The van der Waals surface area contributed by atoms with Crippen LogP contribution in [0.1, 0.15) is 17.3 Å². The van der Waals surface area contributed by atoms with Crippen molar-refractivity contribution in [3.8, 4) is 0 Å². The lowest BCUT2D eigenvalue weighted by molar-refractivity contribution is 0.112. The fourth-order valence-electron chi connectivity index (χ4n) is 2.97. The summed E-state index contributed by atoms with van der Waals surface area (Å²) in [4.78, 5) is 13.9. The average Bonchev–Trinajstić information content (AvgIpc) is 2.81. The third-order valence-electron chi connectivity index (χ3n) is 3.83. The number of anilines is 1. The molecule has 0 unspecified atom stereocenters.